The van der Waals surface area contributed by atoms with Crippen LogP contribution < -0.4 is 0 Å². The quantitative estimate of drug-likeness (QED) is 0.117. The third-order valence-electron chi connectivity index (χ3n) is 7.50. The summed E-state index contributed by atoms with van der Waals surface area (Å²) < 4.78 is 31.9. The molecule has 1 N–H and O–H groups in total. The minimum Gasteiger partial charge on any atom is -0.460 e. The molecule has 0 aliphatic rings. The number of hydrogen-bond donors (Lipinski definition) is 1. The first-order chi connectivity index (χ1) is 23.8. The van der Waals surface area contributed by atoms with Crippen LogP contribution in [0.2, 0.25) is 0 Å². The summed E-state index contributed by atoms with van der Waals surface area (Å²) >= 11 is 0. The third-order valence-corrected chi connectivity index (χ3v) is 7.50. The normalized spacial score (nSPS) is 12.3. The fourth-order valence-corrected chi connectivity index (χ4v) is 4.68. The van der Waals surface area contributed by atoms with Crippen molar-refractivity contribution in [2.45, 2.75) is 26.6 Å². The summed E-state index contributed by atoms with van der Waals surface area (Å²) in [6.07, 6.45) is -1.97. The molecule has 0 aliphatic carbocycles. The number of benzene rings is 3. The summed E-state index contributed by atoms with van der Waals surface area (Å²) in [4.78, 5) is 42.4. The Bertz CT molecular complexity index is 1360. The highest BCUT2D eigenvalue weighted by atomic mass is 16.7. The molecule has 0 radical (unpaired) electrons. The van der Waals surface area contributed by atoms with Gasteiger partial charge in [0.15, 0.2) is 0 Å². The number of aliphatic hydroxyl groups excluding tert-OH is 1. The zero-order valence-electron chi connectivity index (χ0n) is 28.4. The summed E-state index contributed by atoms with van der Waals surface area (Å²) in [6, 6.07) is 28.7. The van der Waals surface area contributed by atoms with Gasteiger partial charge in [-0.1, -0.05) is 91.0 Å². The monoisotopic (exact) mass is 680 g/mol. The topological polar surface area (TPSA) is 133 Å². The van der Waals surface area contributed by atoms with Crippen LogP contribution in [0.1, 0.15) is 23.6 Å². The molecule has 49 heavy (non-hydrogen) atoms. The van der Waals surface area contributed by atoms with E-state index in [4.69, 9.17) is 28.4 Å². The highest BCUT2D eigenvalue weighted by Crippen LogP contribution is 2.22. The van der Waals surface area contributed by atoms with Crippen LogP contribution >= 0.6 is 0 Å². The van der Waals surface area contributed by atoms with E-state index in [1.807, 2.05) is 83.8 Å². The molecule has 266 valence electrons. The van der Waals surface area contributed by atoms with Crippen LogP contribution in [0.15, 0.2) is 91.0 Å². The van der Waals surface area contributed by atoms with Gasteiger partial charge >= 0.3 is 18.3 Å². The van der Waals surface area contributed by atoms with Crippen LogP contribution in [-0.2, 0) is 52.9 Å². The Hall–Kier alpha value is -4.49. The van der Waals surface area contributed by atoms with E-state index in [0.29, 0.717) is 45.9 Å². The second-order valence-corrected chi connectivity index (χ2v) is 11.6. The number of aliphatic hydroxyl groups is 1. The molecule has 12 nitrogen and oxygen atoms in total. The van der Waals surface area contributed by atoms with Gasteiger partial charge in [0.1, 0.15) is 38.4 Å². The Balaban J connectivity index is 1.51. The van der Waals surface area contributed by atoms with Crippen LogP contribution in [0.5, 0.6) is 0 Å². The van der Waals surface area contributed by atoms with Crippen molar-refractivity contribution in [2.75, 3.05) is 72.9 Å². The number of carbonyl (C=O) groups excluding carboxylic acids is 3. The maximum Gasteiger partial charge on any atom is 0.508 e. The first kappa shape index (κ1) is 39.0. The zero-order valence-corrected chi connectivity index (χ0v) is 28.4. The van der Waals surface area contributed by atoms with E-state index in [9.17, 15) is 19.5 Å². The SMILES string of the molecule is COCCN(CCOC(=O)OCC(C)(COC(=O)OCCN(CCO)Cc1ccccc1)C(=O)OCc1ccccc1)Cc1ccccc1. The first-order valence-corrected chi connectivity index (χ1v) is 16.2. The predicted octanol–water partition coefficient (Wildman–Crippen LogP) is 4.69. The number of ether oxygens (including phenoxy) is 6. The van der Waals surface area contributed by atoms with Crippen molar-refractivity contribution in [1.82, 2.24) is 9.80 Å². The number of carbonyl (C=O) groups is 3. The van der Waals surface area contributed by atoms with E-state index in [1.54, 1.807) is 19.2 Å². The van der Waals surface area contributed by atoms with Gasteiger partial charge in [-0.25, -0.2) is 9.59 Å². The summed E-state index contributed by atoms with van der Waals surface area (Å²) in [5.74, 6) is -0.734. The largest absolute Gasteiger partial charge is 0.508 e. The average Bonchev–Trinajstić information content (AvgIpc) is 3.12. The van der Waals surface area contributed by atoms with E-state index < -0.39 is 36.9 Å². The molecule has 0 saturated carbocycles. The predicted molar refractivity (Wildman–Crippen MR) is 181 cm³/mol. The van der Waals surface area contributed by atoms with Gasteiger partial charge in [0.05, 0.1) is 13.2 Å². The van der Waals surface area contributed by atoms with Crippen LogP contribution in [-0.4, -0.2) is 106 Å². The minimum absolute atomic E-state index is 0.00463. The van der Waals surface area contributed by atoms with Gasteiger partial charge in [-0.2, -0.15) is 0 Å². The molecule has 0 heterocycles. The standard InChI is InChI=1S/C37H48N2O10/c1-37(34(41)47-28-33-16-10-5-11-17-33,29-48-35(42)45-24-20-38(18-22-40)26-31-12-6-3-7-13-31)30-49-36(43)46-25-21-39(19-23-44-2)27-32-14-8-4-9-15-32/h3-17,40H,18-30H2,1-2H3. The Morgan fingerprint density at radius 3 is 1.47 bits per heavy atom. The number of rotatable bonds is 22. The molecule has 1 atom stereocenters. The lowest BCUT2D eigenvalue weighted by molar-refractivity contribution is -0.162. The molecule has 0 amide bonds. The van der Waals surface area contributed by atoms with E-state index in [2.05, 4.69) is 4.90 Å². The molecule has 12 heteroatoms. The number of methoxy groups -OCH3 is 1. The molecule has 0 fully saturated rings. The number of nitrogens with zero attached hydrogens (tertiary/aromatic N) is 2. The van der Waals surface area contributed by atoms with Crippen molar-refractivity contribution >= 4 is 18.3 Å². The van der Waals surface area contributed by atoms with Crippen molar-refractivity contribution in [1.29, 1.82) is 0 Å². The van der Waals surface area contributed by atoms with Gasteiger partial charge in [0.25, 0.3) is 0 Å². The van der Waals surface area contributed by atoms with Crippen LogP contribution in [0.25, 0.3) is 0 Å². The highest BCUT2D eigenvalue weighted by Gasteiger charge is 2.39. The number of hydrogen-bond acceptors (Lipinski definition) is 12. The molecule has 1 unspecified atom stereocenters. The summed E-state index contributed by atoms with van der Waals surface area (Å²) in [6.45, 7) is 4.03. The minimum atomic E-state index is -1.55. The maximum atomic E-state index is 13.3. The smallest absolute Gasteiger partial charge is 0.460 e. The Kier molecular flexibility index (Phi) is 17.6. The molecule has 0 spiro atoms. The van der Waals surface area contributed by atoms with Crippen LogP contribution in [0.3, 0.4) is 0 Å². The molecule has 3 rings (SSSR count). The van der Waals surface area contributed by atoms with Crippen molar-refractivity contribution in [3.63, 3.8) is 0 Å². The van der Waals surface area contributed by atoms with Gasteiger partial charge in [0.2, 0.25) is 0 Å². The molecule has 0 bridgehead atoms. The van der Waals surface area contributed by atoms with Crippen molar-refractivity contribution in [2.24, 2.45) is 5.41 Å². The second-order valence-electron chi connectivity index (χ2n) is 11.6. The van der Waals surface area contributed by atoms with Gasteiger partial charge in [-0.15, -0.1) is 0 Å². The van der Waals surface area contributed by atoms with Crippen LogP contribution in [0, 0.1) is 5.41 Å². The van der Waals surface area contributed by atoms with E-state index in [-0.39, 0.29) is 26.4 Å². The van der Waals surface area contributed by atoms with Crippen LogP contribution in [0.4, 0.5) is 9.59 Å². The molecule has 0 aliphatic heterocycles. The lowest BCUT2D eigenvalue weighted by Crippen LogP contribution is -2.41. The van der Waals surface area contributed by atoms with E-state index >= 15 is 0 Å². The fraction of sp³-hybridized carbons (Fsp3) is 0.432. The Morgan fingerprint density at radius 2 is 1.02 bits per heavy atom. The van der Waals surface area contributed by atoms with Crippen molar-refractivity contribution in [3.05, 3.63) is 108 Å². The van der Waals surface area contributed by atoms with E-state index in [0.717, 1.165) is 16.7 Å². The Labute approximate surface area is 288 Å². The summed E-state index contributed by atoms with van der Waals surface area (Å²) in [5, 5.41) is 9.44. The average molecular weight is 681 g/mol. The molecule has 3 aromatic rings. The first-order valence-electron chi connectivity index (χ1n) is 16.2. The fourth-order valence-electron chi connectivity index (χ4n) is 4.68. The summed E-state index contributed by atoms with van der Waals surface area (Å²) in [5.41, 5.74) is 1.37. The van der Waals surface area contributed by atoms with E-state index in [1.165, 1.54) is 6.92 Å². The number of esters is 1. The third kappa shape index (κ3) is 15.5. The lowest BCUT2D eigenvalue weighted by atomic mass is 9.93. The van der Waals surface area contributed by atoms with Gasteiger partial charge in [-0.3, -0.25) is 14.6 Å². The second kappa shape index (κ2) is 22.2. The highest BCUT2D eigenvalue weighted by molar-refractivity contribution is 5.77. The molecule has 3 aromatic carbocycles. The zero-order chi connectivity index (χ0) is 35.2. The van der Waals surface area contributed by atoms with Crippen molar-refractivity contribution in [3.8, 4) is 0 Å². The maximum absolute atomic E-state index is 13.3. The molecular weight excluding hydrogens is 632 g/mol. The van der Waals surface area contributed by atoms with Gasteiger partial charge in [0, 0.05) is 46.4 Å². The lowest BCUT2D eigenvalue weighted by Gasteiger charge is -2.26. The Morgan fingerprint density at radius 1 is 0.592 bits per heavy atom. The molecule has 0 aromatic heterocycles. The molecule has 0 saturated heterocycles. The molecular formula is C37H48N2O10. The van der Waals surface area contributed by atoms with Crippen molar-refractivity contribution < 1.29 is 47.9 Å². The van der Waals surface area contributed by atoms with Gasteiger partial charge < -0.3 is 33.5 Å². The summed E-state index contributed by atoms with van der Waals surface area (Å²) in [7, 11) is 1.62. The van der Waals surface area contributed by atoms with Gasteiger partial charge in [-0.05, 0) is 23.6 Å².